The van der Waals surface area contributed by atoms with Gasteiger partial charge in [0.25, 0.3) is 10.2 Å². The summed E-state index contributed by atoms with van der Waals surface area (Å²) in [7, 11) is 0. The van der Waals surface area contributed by atoms with E-state index in [9.17, 15) is 0 Å². The molecule has 0 atom stereocenters. The second kappa shape index (κ2) is 10.1. The standard InChI is InChI=1S/2HNO3.Re/c2*2-1(3)4;/h2*(H,2,3,4);. The van der Waals surface area contributed by atoms with E-state index in [1.54, 1.807) is 0 Å². The van der Waals surface area contributed by atoms with Crippen LogP contribution in [0.4, 0.5) is 0 Å². The van der Waals surface area contributed by atoms with Crippen molar-refractivity contribution in [1.29, 1.82) is 0 Å². The van der Waals surface area contributed by atoms with Gasteiger partial charge in [-0.3, -0.25) is 0 Å². The Hall–Kier alpha value is -0.938. The number of hydrogen-bond acceptors (Lipinski definition) is 4. The summed E-state index contributed by atoms with van der Waals surface area (Å²) >= 11 is 0. The normalized spacial score (nSPS) is 5.33. The molecule has 0 heterocycles. The van der Waals surface area contributed by atoms with Crippen LogP contribution in [0.3, 0.4) is 0 Å². The molecule has 0 unspecified atom stereocenters. The second-order valence-corrected chi connectivity index (χ2v) is 0.476. The predicted molar refractivity (Wildman–Crippen MR) is 17.6 cm³/mol. The molecule has 0 bridgehead atoms. The van der Waals surface area contributed by atoms with Crippen LogP contribution in [0.2, 0.25) is 0 Å². The fraction of sp³-hybridized carbons (Fsp3) is 0. The van der Waals surface area contributed by atoms with Gasteiger partial charge < -0.3 is 10.4 Å². The minimum Gasteiger partial charge on any atom is -0.328 e. The SMILES string of the molecule is O=[N+]([O-])O.O=[N+]([O-])O.[Re]. The van der Waals surface area contributed by atoms with Crippen molar-refractivity contribution in [3.63, 3.8) is 0 Å². The third-order valence-corrected chi connectivity index (χ3v) is 0. The van der Waals surface area contributed by atoms with E-state index in [0.29, 0.717) is 0 Å². The minimum absolute atomic E-state index is 0. The predicted octanol–water partition coefficient (Wildman–Crippen LogP) is -0.698. The fourth-order valence-electron chi connectivity index (χ4n) is 0. The van der Waals surface area contributed by atoms with Crippen LogP contribution in [-0.2, 0) is 20.4 Å². The van der Waals surface area contributed by atoms with E-state index in [0.717, 1.165) is 0 Å². The van der Waals surface area contributed by atoms with Crippen LogP contribution in [0.25, 0.3) is 0 Å². The third kappa shape index (κ3) is 206. The van der Waals surface area contributed by atoms with E-state index in [-0.39, 0.29) is 20.4 Å². The molecule has 0 rings (SSSR count). The van der Waals surface area contributed by atoms with E-state index >= 15 is 0 Å². The van der Waals surface area contributed by atoms with Gasteiger partial charge in [-0.25, -0.2) is 0 Å². The van der Waals surface area contributed by atoms with E-state index in [2.05, 4.69) is 0 Å². The summed E-state index contributed by atoms with van der Waals surface area (Å²) < 4.78 is 0. The topological polar surface area (TPSA) is 127 Å². The summed E-state index contributed by atoms with van der Waals surface area (Å²) in [5.74, 6) is 0. The number of nitrogens with zero attached hydrogens (tertiary/aromatic N) is 2. The van der Waals surface area contributed by atoms with Crippen molar-refractivity contribution in [2.45, 2.75) is 0 Å². The van der Waals surface area contributed by atoms with E-state index in [4.69, 9.17) is 30.6 Å². The van der Waals surface area contributed by atoms with Gasteiger partial charge in [0.05, 0.1) is 0 Å². The molecule has 0 fully saturated rings. The first-order valence-corrected chi connectivity index (χ1v) is 1.13. The zero-order valence-corrected chi connectivity index (χ0v) is 6.52. The molecule has 9 heteroatoms. The monoisotopic (exact) mass is 313 g/mol. The number of hydrogen-bond donors (Lipinski definition) is 2. The maximum atomic E-state index is 8.36. The molecule has 0 aromatic carbocycles. The maximum absolute atomic E-state index is 8.36. The van der Waals surface area contributed by atoms with Crippen LogP contribution in [0.15, 0.2) is 0 Å². The first-order chi connectivity index (χ1) is 3.46. The van der Waals surface area contributed by atoms with Gasteiger partial charge >= 0.3 is 0 Å². The van der Waals surface area contributed by atoms with Crippen molar-refractivity contribution < 1.29 is 41.0 Å². The summed E-state index contributed by atoms with van der Waals surface area (Å²) in [6.07, 6.45) is 0. The van der Waals surface area contributed by atoms with Gasteiger partial charge in [0.15, 0.2) is 0 Å². The van der Waals surface area contributed by atoms with Crippen LogP contribution in [0.5, 0.6) is 0 Å². The average Bonchev–Trinajstić information content (AvgIpc) is 1.25. The van der Waals surface area contributed by atoms with Gasteiger partial charge in [0.2, 0.25) is 0 Å². The Morgan fingerprint density at radius 3 is 1.00 bits per heavy atom. The van der Waals surface area contributed by atoms with Gasteiger partial charge in [-0.15, -0.1) is 20.2 Å². The zero-order valence-electron chi connectivity index (χ0n) is 3.80. The molecule has 0 aromatic heterocycles. The maximum Gasteiger partial charge on any atom is 0.291 e. The summed E-state index contributed by atoms with van der Waals surface area (Å²) in [5.41, 5.74) is 0. The van der Waals surface area contributed by atoms with Crippen molar-refractivity contribution >= 4 is 0 Å². The van der Waals surface area contributed by atoms with E-state index < -0.39 is 10.2 Å². The largest absolute Gasteiger partial charge is 0.328 e. The molecular formula is H2N2O6Re. The Morgan fingerprint density at radius 1 is 1.00 bits per heavy atom. The molecule has 2 N–H and O–H groups in total. The summed E-state index contributed by atoms with van der Waals surface area (Å²) in [4.78, 5) is 16.7. The van der Waals surface area contributed by atoms with Crippen molar-refractivity contribution in [1.82, 2.24) is 0 Å². The van der Waals surface area contributed by atoms with Gasteiger partial charge in [-0.1, -0.05) is 0 Å². The summed E-state index contributed by atoms with van der Waals surface area (Å²) in [5, 5.41) is 27.3. The van der Waals surface area contributed by atoms with Gasteiger partial charge in [-0.05, 0) is 0 Å². The first kappa shape index (κ1) is 15.7. The molecule has 1 radical (unpaired) electrons. The Labute approximate surface area is 62.0 Å². The molecule has 9 heavy (non-hydrogen) atoms. The van der Waals surface area contributed by atoms with Gasteiger partial charge in [-0.2, -0.15) is 0 Å². The van der Waals surface area contributed by atoms with Crippen molar-refractivity contribution in [2.75, 3.05) is 0 Å². The minimum atomic E-state index is -1.50. The molecule has 0 saturated heterocycles. The molecule has 55 valence electrons. The molecule has 0 aromatic rings. The van der Waals surface area contributed by atoms with Crippen LogP contribution in [-0.4, -0.2) is 20.6 Å². The quantitative estimate of drug-likeness (QED) is 0.450. The molecule has 0 amide bonds. The fourth-order valence-corrected chi connectivity index (χ4v) is 0. The molecular weight excluding hydrogens is 310 g/mol. The van der Waals surface area contributed by atoms with Crippen LogP contribution >= 0.6 is 0 Å². The van der Waals surface area contributed by atoms with Crippen LogP contribution in [0.1, 0.15) is 0 Å². The van der Waals surface area contributed by atoms with Gasteiger partial charge in [0.1, 0.15) is 0 Å². The zero-order chi connectivity index (χ0) is 7.15. The van der Waals surface area contributed by atoms with Gasteiger partial charge in [0, 0.05) is 20.4 Å². The third-order valence-electron chi connectivity index (χ3n) is 0. The first-order valence-electron chi connectivity index (χ1n) is 1.13. The Balaban J connectivity index is -0.0000000720. The molecule has 8 nitrogen and oxygen atoms in total. The van der Waals surface area contributed by atoms with E-state index in [1.165, 1.54) is 0 Å². The smallest absolute Gasteiger partial charge is 0.291 e. The van der Waals surface area contributed by atoms with Crippen molar-refractivity contribution in [2.24, 2.45) is 0 Å². The molecule has 0 aliphatic carbocycles. The molecule has 0 aliphatic heterocycles. The summed E-state index contributed by atoms with van der Waals surface area (Å²) in [6, 6.07) is 0. The molecule has 0 saturated carbocycles. The van der Waals surface area contributed by atoms with Crippen molar-refractivity contribution in [3.8, 4) is 0 Å². The van der Waals surface area contributed by atoms with Crippen molar-refractivity contribution in [3.05, 3.63) is 20.2 Å². The molecule has 0 aliphatic rings. The number of rotatable bonds is 0. The Morgan fingerprint density at radius 2 is 1.00 bits per heavy atom. The second-order valence-electron chi connectivity index (χ2n) is 0.476. The van der Waals surface area contributed by atoms with Crippen LogP contribution < -0.4 is 0 Å². The Bertz CT molecular complexity index is 69.1. The molecule has 0 spiro atoms. The average molecular weight is 312 g/mol. The summed E-state index contributed by atoms with van der Waals surface area (Å²) in [6.45, 7) is 0. The van der Waals surface area contributed by atoms with E-state index in [1.807, 2.05) is 0 Å². The Kier molecular flexibility index (Phi) is 17.7. The van der Waals surface area contributed by atoms with Crippen LogP contribution in [0, 0.1) is 20.2 Å².